The third-order valence-corrected chi connectivity index (χ3v) is 2.96. The van der Waals surface area contributed by atoms with Crippen LogP contribution in [0, 0.1) is 0 Å². The van der Waals surface area contributed by atoms with Gasteiger partial charge in [0.25, 0.3) is 0 Å². The highest BCUT2D eigenvalue weighted by Gasteiger charge is 2.07. The fourth-order valence-corrected chi connectivity index (χ4v) is 1.64. The first-order valence-corrected chi connectivity index (χ1v) is 5.68. The van der Waals surface area contributed by atoms with Crippen molar-refractivity contribution in [1.82, 2.24) is 0 Å². The zero-order valence-corrected chi connectivity index (χ0v) is 9.61. The van der Waals surface area contributed by atoms with Gasteiger partial charge >= 0.3 is 0 Å². The molecule has 0 radical (unpaired) electrons. The number of hydrogen-bond donors (Lipinski definition) is 2. The van der Waals surface area contributed by atoms with Crippen LogP contribution in [0.25, 0.3) is 0 Å². The van der Waals surface area contributed by atoms with Crippen molar-refractivity contribution < 1.29 is 5.11 Å². The van der Waals surface area contributed by atoms with Gasteiger partial charge in [-0.05, 0) is 42.9 Å². The number of rotatable bonds is 5. The summed E-state index contributed by atoms with van der Waals surface area (Å²) in [4.78, 5) is 0. The molecule has 1 aromatic rings. The third kappa shape index (κ3) is 3.92. The Hall–Kier alpha value is -1.02. The van der Waals surface area contributed by atoms with Crippen LogP contribution in [0.1, 0.15) is 44.6 Å². The summed E-state index contributed by atoms with van der Waals surface area (Å²) in [5, 5.41) is 9.17. The first kappa shape index (κ1) is 12.1. The van der Waals surface area contributed by atoms with Crippen LogP contribution in [-0.2, 0) is 0 Å². The van der Waals surface area contributed by atoms with Crippen LogP contribution in [-0.4, -0.2) is 11.1 Å². The van der Waals surface area contributed by atoms with Gasteiger partial charge in [-0.1, -0.05) is 26.0 Å². The molecule has 1 aromatic carbocycles. The van der Waals surface area contributed by atoms with Crippen LogP contribution < -0.4 is 5.73 Å². The molecular weight excluding hydrogens is 186 g/mol. The molecule has 3 N–H and O–H groups in total. The predicted octanol–water partition coefficient (Wildman–Crippen LogP) is 3.01. The Balaban J connectivity index is 2.46. The molecule has 15 heavy (non-hydrogen) atoms. The number of phenolic OH excluding ortho intramolecular Hbond substituents is 1. The van der Waals surface area contributed by atoms with Crippen LogP contribution in [0.4, 0.5) is 0 Å². The minimum Gasteiger partial charge on any atom is -0.508 e. The number of benzene rings is 1. The first-order chi connectivity index (χ1) is 7.13. The summed E-state index contributed by atoms with van der Waals surface area (Å²) in [5.41, 5.74) is 7.16. The smallest absolute Gasteiger partial charge is 0.115 e. The summed E-state index contributed by atoms with van der Waals surface area (Å²) in [7, 11) is 0. The highest BCUT2D eigenvalue weighted by molar-refractivity contribution is 5.27. The van der Waals surface area contributed by atoms with Gasteiger partial charge in [-0.3, -0.25) is 0 Å². The second-order valence-electron chi connectivity index (χ2n) is 4.24. The highest BCUT2D eigenvalue weighted by Crippen LogP contribution is 2.23. The molecule has 0 spiro atoms. The monoisotopic (exact) mass is 207 g/mol. The van der Waals surface area contributed by atoms with Gasteiger partial charge < -0.3 is 10.8 Å². The van der Waals surface area contributed by atoms with Gasteiger partial charge in [0.2, 0.25) is 0 Å². The minimum atomic E-state index is 0.324. The molecule has 1 rings (SSSR count). The van der Waals surface area contributed by atoms with Gasteiger partial charge in [0, 0.05) is 6.04 Å². The molecule has 0 fully saturated rings. The third-order valence-electron chi connectivity index (χ3n) is 2.96. The topological polar surface area (TPSA) is 46.2 Å². The van der Waals surface area contributed by atoms with Gasteiger partial charge in [-0.15, -0.1) is 0 Å². The van der Waals surface area contributed by atoms with Crippen LogP contribution in [0.2, 0.25) is 0 Å². The first-order valence-electron chi connectivity index (χ1n) is 5.68. The molecule has 2 nitrogen and oxygen atoms in total. The Kier molecular flexibility index (Phi) is 4.63. The second-order valence-corrected chi connectivity index (χ2v) is 4.24. The van der Waals surface area contributed by atoms with E-state index in [1.54, 1.807) is 12.1 Å². The molecular formula is C13H21NO. The van der Waals surface area contributed by atoms with Crippen LogP contribution in [0.5, 0.6) is 5.75 Å². The predicted molar refractivity (Wildman–Crippen MR) is 64.0 cm³/mol. The Morgan fingerprint density at radius 2 is 1.80 bits per heavy atom. The second kappa shape index (κ2) is 5.76. The Bertz CT molecular complexity index is 281. The van der Waals surface area contributed by atoms with Crippen LogP contribution >= 0.6 is 0 Å². The van der Waals surface area contributed by atoms with E-state index in [0.717, 1.165) is 19.3 Å². The standard InChI is InChI=1S/C13H21NO/c1-3-12(14)7-4-10(2)11-5-8-13(15)9-6-11/h5-6,8-10,12,15H,3-4,7,14H2,1-2H3. The van der Waals surface area contributed by atoms with E-state index in [1.807, 2.05) is 12.1 Å². The molecule has 0 heterocycles. The van der Waals surface area contributed by atoms with Gasteiger partial charge in [-0.25, -0.2) is 0 Å². The van der Waals surface area contributed by atoms with E-state index in [1.165, 1.54) is 5.56 Å². The summed E-state index contributed by atoms with van der Waals surface area (Å²) in [6, 6.07) is 7.77. The average molecular weight is 207 g/mol. The maximum absolute atomic E-state index is 9.17. The van der Waals surface area contributed by atoms with Crippen molar-refractivity contribution in [2.75, 3.05) is 0 Å². The zero-order chi connectivity index (χ0) is 11.3. The SMILES string of the molecule is CCC(N)CCC(C)c1ccc(O)cc1. The van der Waals surface area contributed by atoms with E-state index >= 15 is 0 Å². The molecule has 0 aliphatic heterocycles. The zero-order valence-electron chi connectivity index (χ0n) is 9.61. The summed E-state index contributed by atoms with van der Waals surface area (Å²) in [6.07, 6.45) is 3.22. The Morgan fingerprint density at radius 1 is 1.20 bits per heavy atom. The summed E-state index contributed by atoms with van der Waals surface area (Å²) in [6.45, 7) is 4.32. The lowest BCUT2D eigenvalue weighted by Crippen LogP contribution is -2.18. The van der Waals surface area contributed by atoms with E-state index in [2.05, 4.69) is 13.8 Å². The molecule has 84 valence electrons. The molecule has 0 saturated heterocycles. The van der Waals surface area contributed by atoms with Gasteiger partial charge in [0.1, 0.15) is 5.75 Å². The largest absolute Gasteiger partial charge is 0.508 e. The quantitative estimate of drug-likeness (QED) is 0.779. The summed E-state index contributed by atoms with van der Waals surface area (Å²) in [5.74, 6) is 0.847. The van der Waals surface area contributed by atoms with E-state index < -0.39 is 0 Å². The number of hydrogen-bond acceptors (Lipinski definition) is 2. The minimum absolute atomic E-state index is 0.324. The molecule has 2 atom stereocenters. The normalized spacial score (nSPS) is 14.9. The number of nitrogens with two attached hydrogens (primary N) is 1. The van der Waals surface area contributed by atoms with Crippen molar-refractivity contribution in [2.45, 2.75) is 45.1 Å². The molecule has 0 aliphatic rings. The Morgan fingerprint density at radius 3 is 2.33 bits per heavy atom. The van der Waals surface area contributed by atoms with Crippen LogP contribution in [0.15, 0.2) is 24.3 Å². The molecule has 0 bridgehead atoms. The maximum atomic E-state index is 9.17. The van der Waals surface area contributed by atoms with Crippen molar-refractivity contribution >= 4 is 0 Å². The van der Waals surface area contributed by atoms with Crippen molar-refractivity contribution in [1.29, 1.82) is 0 Å². The van der Waals surface area contributed by atoms with E-state index in [0.29, 0.717) is 17.7 Å². The fraction of sp³-hybridized carbons (Fsp3) is 0.538. The molecule has 0 saturated carbocycles. The lowest BCUT2D eigenvalue weighted by atomic mass is 9.94. The average Bonchev–Trinajstić information content (AvgIpc) is 2.26. The van der Waals surface area contributed by atoms with Crippen molar-refractivity contribution in [3.8, 4) is 5.75 Å². The molecule has 0 aliphatic carbocycles. The number of phenols is 1. The van der Waals surface area contributed by atoms with E-state index in [-0.39, 0.29) is 0 Å². The number of aromatic hydroxyl groups is 1. The Labute approximate surface area is 92.1 Å². The molecule has 0 aromatic heterocycles. The van der Waals surface area contributed by atoms with Crippen molar-refractivity contribution in [2.24, 2.45) is 5.73 Å². The molecule has 0 amide bonds. The molecule has 2 heteroatoms. The molecule has 2 unspecified atom stereocenters. The summed E-state index contributed by atoms with van der Waals surface area (Å²) < 4.78 is 0. The van der Waals surface area contributed by atoms with Crippen LogP contribution in [0.3, 0.4) is 0 Å². The summed E-state index contributed by atoms with van der Waals surface area (Å²) >= 11 is 0. The van der Waals surface area contributed by atoms with Gasteiger partial charge in [0.05, 0.1) is 0 Å². The van der Waals surface area contributed by atoms with E-state index in [9.17, 15) is 5.11 Å². The maximum Gasteiger partial charge on any atom is 0.115 e. The van der Waals surface area contributed by atoms with E-state index in [4.69, 9.17) is 5.73 Å². The lowest BCUT2D eigenvalue weighted by molar-refractivity contribution is 0.474. The van der Waals surface area contributed by atoms with Crippen molar-refractivity contribution in [3.63, 3.8) is 0 Å². The fourth-order valence-electron chi connectivity index (χ4n) is 1.64. The lowest BCUT2D eigenvalue weighted by Gasteiger charge is -2.14. The van der Waals surface area contributed by atoms with Gasteiger partial charge in [0.15, 0.2) is 0 Å². The highest BCUT2D eigenvalue weighted by atomic mass is 16.3. The van der Waals surface area contributed by atoms with Crippen molar-refractivity contribution in [3.05, 3.63) is 29.8 Å². The van der Waals surface area contributed by atoms with Gasteiger partial charge in [-0.2, -0.15) is 0 Å².